The van der Waals surface area contributed by atoms with E-state index >= 15 is 0 Å². The van der Waals surface area contributed by atoms with Gasteiger partial charge in [0.15, 0.2) is 0 Å². The predicted molar refractivity (Wildman–Crippen MR) is 84.7 cm³/mol. The van der Waals surface area contributed by atoms with E-state index in [2.05, 4.69) is 9.71 Å². The Morgan fingerprint density at radius 2 is 1.95 bits per heavy atom. The molecule has 0 saturated heterocycles. The number of anilines is 1. The summed E-state index contributed by atoms with van der Waals surface area (Å²) in [6.45, 7) is 0. The Kier molecular flexibility index (Phi) is 3.67. The van der Waals surface area contributed by atoms with Gasteiger partial charge in [-0.1, -0.05) is 22.9 Å². The summed E-state index contributed by atoms with van der Waals surface area (Å²) in [5.41, 5.74) is 0.346. The van der Waals surface area contributed by atoms with Crippen molar-refractivity contribution in [2.75, 3.05) is 4.72 Å². The molecule has 0 aliphatic carbocycles. The van der Waals surface area contributed by atoms with Crippen molar-refractivity contribution < 1.29 is 12.8 Å². The van der Waals surface area contributed by atoms with Crippen molar-refractivity contribution in [2.45, 2.75) is 4.90 Å². The second kappa shape index (κ2) is 5.38. The van der Waals surface area contributed by atoms with E-state index in [4.69, 9.17) is 11.6 Å². The van der Waals surface area contributed by atoms with Gasteiger partial charge in [-0.05, 0) is 36.4 Å². The van der Waals surface area contributed by atoms with Crippen LogP contribution < -0.4 is 9.60 Å². The minimum absolute atomic E-state index is 0.0652. The highest BCUT2D eigenvalue weighted by molar-refractivity contribution is 7.92. The van der Waals surface area contributed by atoms with E-state index in [-0.39, 0.29) is 20.5 Å². The SMILES string of the molecule is O=c1[nH]c2ccc(S(=O)(=O)Nc3ccc(Cl)cc3F)cc2s1. The van der Waals surface area contributed by atoms with Crippen molar-refractivity contribution in [1.29, 1.82) is 0 Å². The van der Waals surface area contributed by atoms with E-state index in [1.807, 2.05) is 0 Å². The number of H-pyrrole nitrogens is 1. The number of rotatable bonds is 3. The highest BCUT2D eigenvalue weighted by atomic mass is 35.5. The van der Waals surface area contributed by atoms with E-state index in [0.29, 0.717) is 10.2 Å². The van der Waals surface area contributed by atoms with E-state index in [1.165, 1.54) is 30.3 Å². The molecule has 2 aromatic carbocycles. The standard InChI is InChI=1S/C13H8ClFN2O3S2/c14-7-1-3-10(9(15)5-7)17-22(19,20)8-2-4-11-12(6-8)21-13(18)16-11/h1-6,17H,(H,16,18). The lowest BCUT2D eigenvalue weighted by molar-refractivity contribution is 0.598. The number of hydrogen-bond donors (Lipinski definition) is 2. The lowest BCUT2D eigenvalue weighted by atomic mass is 10.3. The number of aromatic amines is 1. The number of aromatic nitrogens is 1. The quantitative estimate of drug-likeness (QED) is 0.754. The van der Waals surface area contributed by atoms with E-state index < -0.39 is 15.8 Å². The Labute approximate surface area is 133 Å². The Hall–Kier alpha value is -1.90. The Balaban J connectivity index is 2.01. The predicted octanol–water partition coefficient (Wildman–Crippen LogP) is 3.18. The molecular weight excluding hydrogens is 351 g/mol. The number of hydrogen-bond acceptors (Lipinski definition) is 4. The third-order valence-electron chi connectivity index (χ3n) is 2.88. The summed E-state index contributed by atoms with van der Waals surface area (Å²) in [5, 5.41) is 0.166. The average Bonchev–Trinajstić information content (AvgIpc) is 2.81. The number of thiazole rings is 1. The molecule has 3 rings (SSSR count). The molecule has 0 saturated carbocycles. The third kappa shape index (κ3) is 2.85. The molecule has 0 unspecified atom stereocenters. The minimum atomic E-state index is -3.97. The fraction of sp³-hybridized carbons (Fsp3) is 0. The van der Waals surface area contributed by atoms with Crippen LogP contribution >= 0.6 is 22.9 Å². The molecule has 22 heavy (non-hydrogen) atoms. The second-order valence-electron chi connectivity index (χ2n) is 4.40. The first kappa shape index (κ1) is 15.0. The zero-order valence-electron chi connectivity index (χ0n) is 10.8. The molecule has 3 aromatic rings. The van der Waals surface area contributed by atoms with Crippen LogP contribution in [0.15, 0.2) is 46.1 Å². The first-order chi connectivity index (χ1) is 10.3. The number of sulfonamides is 1. The van der Waals surface area contributed by atoms with Crippen LogP contribution in [0, 0.1) is 5.82 Å². The van der Waals surface area contributed by atoms with Gasteiger partial charge in [-0.25, -0.2) is 12.8 Å². The van der Waals surface area contributed by atoms with Crippen LogP contribution in [-0.2, 0) is 10.0 Å². The highest BCUT2D eigenvalue weighted by Gasteiger charge is 2.17. The molecule has 9 heteroatoms. The summed E-state index contributed by atoms with van der Waals surface area (Å²) in [5.74, 6) is -0.775. The maximum Gasteiger partial charge on any atom is 0.305 e. The molecule has 2 N–H and O–H groups in total. The van der Waals surface area contributed by atoms with Gasteiger partial charge >= 0.3 is 4.87 Å². The van der Waals surface area contributed by atoms with Crippen LogP contribution in [-0.4, -0.2) is 13.4 Å². The van der Waals surface area contributed by atoms with Gasteiger partial charge in [-0.3, -0.25) is 9.52 Å². The number of nitrogens with one attached hydrogen (secondary N) is 2. The molecule has 0 radical (unpaired) electrons. The summed E-state index contributed by atoms with van der Waals surface area (Å²) < 4.78 is 40.9. The van der Waals surface area contributed by atoms with Gasteiger partial charge in [0.25, 0.3) is 10.0 Å². The van der Waals surface area contributed by atoms with Crippen molar-refractivity contribution in [3.05, 3.63) is 56.9 Å². The molecule has 0 atom stereocenters. The van der Waals surface area contributed by atoms with Crippen LogP contribution in [0.3, 0.4) is 0 Å². The van der Waals surface area contributed by atoms with Crippen molar-refractivity contribution in [2.24, 2.45) is 0 Å². The van der Waals surface area contributed by atoms with E-state index in [9.17, 15) is 17.6 Å². The van der Waals surface area contributed by atoms with Crippen LogP contribution in [0.4, 0.5) is 10.1 Å². The maximum atomic E-state index is 13.7. The molecule has 0 spiro atoms. The van der Waals surface area contributed by atoms with Crippen LogP contribution in [0.25, 0.3) is 10.2 Å². The summed E-state index contributed by atoms with van der Waals surface area (Å²) in [6.07, 6.45) is 0. The number of fused-ring (bicyclic) bond motifs is 1. The van der Waals surface area contributed by atoms with Crippen LogP contribution in [0.5, 0.6) is 0 Å². The molecular formula is C13H8ClFN2O3S2. The highest BCUT2D eigenvalue weighted by Crippen LogP contribution is 2.24. The minimum Gasteiger partial charge on any atom is -0.312 e. The summed E-state index contributed by atoms with van der Waals surface area (Å²) in [6, 6.07) is 7.81. The summed E-state index contributed by atoms with van der Waals surface area (Å²) in [4.78, 5) is 13.5. The van der Waals surface area contributed by atoms with Crippen LogP contribution in [0.2, 0.25) is 5.02 Å². The molecule has 0 aliphatic rings. The molecule has 1 heterocycles. The van der Waals surface area contributed by atoms with Crippen molar-refractivity contribution >= 4 is 48.9 Å². The van der Waals surface area contributed by atoms with E-state index in [0.717, 1.165) is 17.4 Å². The van der Waals surface area contributed by atoms with Gasteiger partial charge in [0.2, 0.25) is 0 Å². The molecule has 0 fully saturated rings. The molecule has 1 aromatic heterocycles. The number of halogens is 2. The van der Waals surface area contributed by atoms with Gasteiger partial charge in [0.05, 0.1) is 20.8 Å². The van der Waals surface area contributed by atoms with Gasteiger partial charge in [-0.15, -0.1) is 0 Å². The van der Waals surface area contributed by atoms with Crippen LogP contribution in [0.1, 0.15) is 0 Å². The lowest BCUT2D eigenvalue weighted by Crippen LogP contribution is -2.13. The van der Waals surface area contributed by atoms with Gasteiger partial charge in [-0.2, -0.15) is 0 Å². The normalized spacial score (nSPS) is 11.7. The van der Waals surface area contributed by atoms with Gasteiger partial charge in [0, 0.05) is 5.02 Å². The summed E-state index contributed by atoms with van der Waals surface area (Å²) in [7, 11) is -3.97. The zero-order valence-corrected chi connectivity index (χ0v) is 13.2. The summed E-state index contributed by atoms with van der Waals surface area (Å²) >= 11 is 6.52. The van der Waals surface area contributed by atoms with Crippen molar-refractivity contribution in [3.8, 4) is 0 Å². The van der Waals surface area contributed by atoms with Crippen molar-refractivity contribution in [3.63, 3.8) is 0 Å². The third-order valence-corrected chi connectivity index (χ3v) is 5.32. The zero-order chi connectivity index (χ0) is 15.9. The Morgan fingerprint density at radius 3 is 2.68 bits per heavy atom. The molecule has 0 bridgehead atoms. The molecule has 0 aliphatic heterocycles. The van der Waals surface area contributed by atoms with Gasteiger partial charge in [0.1, 0.15) is 5.82 Å². The number of benzene rings is 2. The maximum absolute atomic E-state index is 13.7. The second-order valence-corrected chi connectivity index (χ2v) is 7.54. The fourth-order valence-corrected chi connectivity index (χ4v) is 3.97. The topological polar surface area (TPSA) is 79.0 Å². The van der Waals surface area contributed by atoms with Crippen molar-refractivity contribution in [1.82, 2.24) is 4.98 Å². The Bertz CT molecular complexity index is 1030. The first-order valence-corrected chi connectivity index (χ1v) is 8.64. The largest absolute Gasteiger partial charge is 0.312 e. The fourth-order valence-electron chi connectivity index (χ4n) is 1.87. The molecule has 0 amide bonds. The van der Waals surface area contributed by atoms with E-state index in [1.54, 1.807) is 0 Å². The lowest BCUT2D eigenvalue weighted by Gasteiger charge is -2.09. The molecule has 114 valence electrons. The molecule has 5 nitrogen and oxygen atoms in total. The monoisotopic (exact) mass is 358 g/mol. The first-order valence-electron chi connectivity index (χ1n) is 5.96. The Morgan fingerprint density at radius 1 is 1.18 bits per heavy atom. The average molecular weight is 359 g/mol. The smallest absolute Gasteiger partial charge is 0.305 e. The van der Waals surface area contributed by atoms with Gasteiger partial charge < -0.3 is 4.98 Å².